The van der Waals surface area contributed by atoms with E-state index in [1.807, 2.05) is 26.0 Å². The number of aromatic amines is 1. The van der Waals surface area contributed by atoms with Crippen molar-refractivity contribution in [3.63, 3.8) is 0 Å². The summed E-state index contributed by atoms with van der Waals surface area (Å²) >= 11 is 6.08. The molecule has 1 aliphatic carbocycles. The Morgan fingerprint density at radius 1 is 1.20 bits per heavy atom. The van der Waals surface area contributed by atoms with E-state index in [4.69, 9.17) is 11.6 Å². The van der Waals surface area contributed by atoms with E-state index >= 15 is 0 Å². The maximum Gasteiger partial charge on any atom is 0.261 e. The minimum atomic E-state index is -0.317. The lowest BCUT2D eigenvalue weighted by Gasteiger charge is -2.47. The molecule has 0 unspecified atom stereocenters. The summed E-state index contributed by atoms with van der Waals surface area (Å²) in [6.07, 6.45) is 5.54. The second-order valence-electron chi connectivity index (χ2n) is 8.98. The number of carbonyl (C=O) groups excluding carboxylic acids is 1. The number of pyridine rings is 1. The summed E-state index contributed by atoms with van der Waals surface area (Å²) in [6, 6.07) is 10.1. The van der Waals surface area contributed by atoms with E-state index in [0.717, 1.165) is 48.8 Å². The zero-order chi connectivity index (χ0) is 21.3. The summed E-state index contributed by atoms with van der Waals surface area (Å²) in [5, 5.41) is 3.86. The van der Waals surface area contributed by atoms with Gasteiger partial charge in [-0.2, -0.15) is 0 Å². The van der Waals surface area contributed by atoms with Gasteiger partial charge in [0.25, 0.3) is 11.5 Å². The molecule has 0 bridgehead atoms. The molecule has 1 saturated heterocycles. The molecule has 1 aliphatic heterocycles. The highest BCUT2D eigenvalue weighted by atomic mass is 35.5. The second-order valence-corrected chi connectivity index (χ2v) is 9.42. The van der Waals surface area contributed by atoms with Gasteiger partial charge >= 0.3 is 0 Å². The molecule has 2 fully saturated rings. The number of aryl methyl sites for hydroxylation is 2. The van der Waals surface area contributed by atoms with E-state index in [1.165, 1.54) is 24.8 Å². The number of nitrogens with zero attached hydrogens (tertiary/aromatic N) is 1. The van der Waals surface area contributed by atoms with Gasteiger partial charge in [0.1, 0.15) is 5.56 Å². The van der Waals surface area contributed by atoms with Crippen LogP contribution >= 0.6 is 11.6 Å². The average Bonchev–Trinajstić information content (AvgIpc) is 2.69. The first kappa shape index (κ1) is 21.1. The molecular formula is C24H30ClN3O2. The first-order chi connectivity index (χ1) is 14.4. The number of hydrogen-bond acceptors (Lipinski definition) is 3. The fraction of sp³-hybridized carbons (Fsp3) is 0.500. The van der Waals surface area contributed by atoms with Crippen molar-refractivity contribution in [3.8, 4) is 0 Å². The van der Waals surface area contributed by atoms with Crippen molar-refractivity contribution in [3.05, 3.63) is 68.1 Å². The highest BCUT2D eigenvalue weighted by molar-refractivity contribution is 6.30. The molecule has 1 saturated carbocycles. The van der Waals surface area contributed by atoms with E-state index < -0.39 is 0 Å². The summed E-state index contributed by atoms with van der Waals surface area (Å²) in [5.41, 5.74) is 3.24. The summed E-state index contributed by atoms with van der Waals surface area (Å²) in [6.45, 7) is 6.73. The van der Waals surface area contributed by atoms with Crippen LogP contribution in [0.15, 0.2) is 35.1 Å². The summed E-state index contributed by atoms with van der Waals surface area (Å²) < 4.78 is 0. The second kappa shape index (κ2) is 8.56. The number of aromatic nitrogens is 1. The Balaban J connectivity index is 1.34. The Labute approximate surface area is 182 Å². The van der Waals surface area contributed by atoms with Crippen LogP contribution in [0.25, 0.3) is 0 Å². The van der Waals surface area contributed by atoms with E-state index in [2.05, 4.69) is 27.3 Å². The lowest BCUT2D eigenvalue weighted by Crippen LogP contribution is -2.51. The van der Waals surface area contributed by atoms with Gasteiger partial charge in [-0.25, -0.2) is 0 Å². The van der Waals surface area contributed by atoms with Crippen LogP contribution in [-0.2, 0) is 5.41 Å². The minimum Gasteiger partial charge on any atom is -0.349 e. The smallest absolute Gasteiger partial charge is 0.261 e. The highest BCUT2D eigenvalue weighted by Gasteiger charge is 2.40. The van der Waals surface area contributed by atoms with Crippen LogP contribution in [0.5, 0.6) is 0 Å². The predicted octanol–water partition coefficient (Wildman–Crippen LogP) is 3.96. The Hall–Kier alpha value is -2.11. The van der Waals surface area contributed by atoms with E-state index in [0.29, 0.717) is 0 Å². The van der Waals surface area contributed by atoms with Crippen molar-refractivity contribution < 1.29 is 4.79 Å². The maximum absolute atomic E-state index is 12.6. The molecule has 1 amide bonds. The third-order valence-corrected chi connectivity index (χ3v) is 7.21. The van der Waals surface area contributed by atoms with Gasteiger partial charge in [-0.1, -0.05) is 30.2 Å². The van der Waals surface area contributed by atoms with Crippen molar-refractivity contribution in [1.82, 2.24) is 15.2 Å². The molecule has 30 heavy (non-hydrogen) atoms. The fourth-order valence-electron chi connectivity index (χ4n) is 4.77. The maximum atomic E-state index is 12.6. The Kier molecular flexibility index (Phi) is 6.03. The number of benzene rings is 1. The summed E-state index contributed by atoms with van der Waals surface area (Å²) in [5.74, 6) is -0.269. The van der Waals surface area contributed by atoms with Gasteiger partial charge in [0.05, 0.1) is 0 Å². The number of carbonyl (C=O) groups is 1. The molecule has 1 aromatic carbocycles. The third kappa shape index (κ3) is 4.33. The minimum absolute atomic E-state index is 0.114. The van der Waals surface area contributed by atoms with Gasteiger partial charge in [-0.05, 0) is 68.9 Å². The van der Waals surface area contributed by atoms with E-state index in [-0.39, 0.29) is 28.5 Å². The van der Waals surface area contributed by atoms with Crippen molar-refractivity contribution >= 4 is 17.5 Å². The van der Waals surface area contributed by atoms with Crippen LogP contribution in [0, 0.1) is 13.8 Å². The molecule has 4 rings (SSSR count). The molecule has 2 aliphatic rings. The molecule has 160 valence electrons. The normalized spacial score (nSPS) is 19.3. The SMILES string of the molecule is Cc1cc(C(=O)NC2CCN(CC3(c4ccc(Cl)cc4)CCC3)CC2)c(=O)[nH]c1C. The van der Waals surface area contributed by atoms with Crippen LogP contribution < -0.4 is 10.9 Å². The van der Waals surface area contributed by atoms with Gasteiger partial charge < -0.3 is 15.2 Å². The van der Waals surface area contributed by atoms with Gasteiger partial charge in [0.15, 0.2) is 0 Å². The number of H-pyrrole nitrogens is 1. The molecule has 6 heteroatoms. The molecule has 2 heterocycles. The Morgan fingerprint density at radius 2 is 1.87 bits per heavy atom. The zero-order valence-corrected chi connectivity index (χ0v) is 18.5. The Morgan fingerprint density at radius 3 is 2.47 bits per heavy atom. The van der Waals surface area contributed by atoms with Crippen molar-refractivity contribution in [2.75, 3.05) is 19.6 Å². The van der Waals surface area contributed by atoms with Crippen molar-refractivity contribution in [2.24, 2.45) is 0 Å². The zero-order valence-electron chi connectivity index (χ0n) is 17.8. The highest BCUT2D eigenvalue weighted by Crippen LogP contribution is 2.44. The van der Waals surface area contributed by atoms with Crippen molar-refractivity contribution in [2.45, 2.75) is 57.4 Å². The van der Waals surface area contributed by atoms with Gasteiger partial charge in [-0.3, -0.25) is 9.59 Å². The molecule has 2 aromatic rings. The average molecular weight is 428 g/mol. The van der Waals surface area contributed by atoms with Crippen LogP contribution in [0.4, 0.5) is 0 Å². The van der Waals surface area contributed by atoms with Gasteiger partial charge in [-0.15, -0.1) is 0 Å². The first-order valence-corrected chi connectivity index (χ1v) is 11.2. The molecule has 0 radical (unpaired) electrons. The number of piperidine rings is 1. The number of likely N-dealkylation sites (tertiary alicyclic amines) is 1. The molecule has 0 atom stereocenters. The number of rotatable bonds is 5. The number of nitrogens with one attached hydrogen (secondary N) is 2. The number of hydrogen-bond donors (Lipinski definition) is 2. The number of halogens is 1. The lowest BCUT2D eigenvalue weighted by atomic mass is 9.64. The van der Waals surface area contributed by atoms with Crippen LogP contribution in [0.3, 0.4) is 0 Å². The Bertz CT molecular complexity index is 971. The first-order valence-electron chi connectivity index (χ1n) is 10.9. The standard InChI is InChI=1S/C24H30ClN3O2/c1-16-14-21(22(29)26-17(16)2)23(30)27-20-8-12-28(13-9-20)15-24(10-3-11-24)18-4-6-19(25)7-5-18/h4-7,14,20H,3,8-13,15H2,1-2H3,(H,26,29)(H,27,30). The van der Waals surface area contributed by atoms with Crippen LogP contribution in [0.2, 0.25) is 5.02 Å². The predicted molar refractivity (Wildman–Crippen MR) is 120 cm³/mol. The summed E-state index contributed by atoms with van der Waals surface area (Å²) in [7, 11) is 0. The molecule has 2 N–H and O–H groups in total. The van der Waals surface area contributed by atoms with E-state index in [1.54, 1.807) is 6.07 Å². The largest absolute Gasteiger partial charge is 0.349 e. The third-order valence-electron chi connectivity index (χ3n) is 6.96. The quantitative estimate of drug-likeness (QED) is 0.759. The molecule has 1 aromatic heterocycles. The lowest BCUT2D eigenvalue weighted by molar-refractivity contribution is 0.0868. The molecule has 5 nitrogen and oxygen atoms in total. The molecule has 0 spiro atoms. The monoisotopic (exact) mass is 427 g/mol. The fourth-order valence-corrected chi connectivity index (χ4v) is 4.89. The van der Waals surface area contributed by atoms with Crippen molar-refractivity contribution in [1.29, 1.82) is 0 Å². The summed E-state index contributed by atoms with van der Waals surface area (Å²) in [4.78, 5) is 30.1. The van der Waals surface area contributed by atoms with Gasteiger partial charge in [0.2, 0.25) is 0 Å². The van der Waals surface area contributed by atoms with Crippen LogP contribution in [-0.4, -0.2) is 41.5 Å². The topological polar surface area (TPSA) is 65.2 Å². The van der Waals surface area contributed by atoms with Crippen LogP contribution in [0.1, 0.15) is 59.3 Å². The van der Waals surface area contributed by atoms with Gasteiger partial charge in [0, 0.05) is 41.8 Å². The number of amides is 1. The molecular weight excluding hydrogens is 398 g/mol. The van der Waals surface area contributed by atoms with E-state index in [9.17, 15) is 9.59 Å².